The number of hydrogen-bond donors (Lipinski definition) is 1. The fraction of sp³-hybridized carbons (Fsp3) is 0.667. The molecule has 1 aliphatic rings. The first-order valence-electron chi connectivity index (χ1n) is 5.94. The van der Waals surface area contributed by atoms with E-state index in [9.17, 15) is 4.79 Å². The normalized spacial score (nSPS) is 23.9. The smallest absolute Gasteiger partial charge is 0.289 e. The molecular formula is C12H17ClN2O2. The highest BCUT2D eigenvalue weighted by Crippen LogP contribution is 2.29. The lowest BCUT2D eigenvalue weighted by atomic mass is 10.1. The van der Waals surface area contributed by atoms with Crippen molar-refractivity contribution in [2.75, 3.05) is 6.54 Å². The number of aryl methyl sites for hydroxylation is 2. The molecule has 1 amide bonds. The molecule has 2 unspecified atom stereocenters. The van der Waals surface area contributed by atoms with Crippen molar-refractivity contribution in [1.82, 2.24) is 10.3 Å². The fourth-order valence-corrected chi connectivity index (χ4v) is 2.64. The third-order valence-electron chi connectivity index (χ3n) is 3.20. The minimum absolute atomic E-state index is 0.188. The van der Waals surface area contributed by atoms with E-state index in [-0.39, 0.29) is 11.3 Å². The van der Waals surface area contributed by atoms with E-state index >= 15 is 0 Å². The number of carbonyl (C=O) groups is 1. The zero-order valence-electron chi connectivity index (χ0n) is 10.1. The molecule has 0 aromatic carbocycles. The van der Waals surface area contributed by atoms with Crippen molar-refractivity contribution >= 4 is 17.5 Å². The van der Waals surface area contributed by atoms with Crippen molar-refractivity contribution in [2.24, 2.45) is 5.92 Å². The Hall–Kier alpha value is -1.03. The average molecular weight is 257 g/mol. The van der Waals surface area contributed by atoms with E-state index in [0.29, 0.717) is 29.8 Å². The molecule has 2 rings (SSSR count). The lowest BCUT2D eigenvalue weighted by molar-refractivity contribution is 0.0917. The maximum atomic E-state index is 11.9. The van der Waals surface area contributed by atoms with Crippen LogP contribution in [0.15, 0.2) is 4.42 Å². The van der Waals surface area contributed by atoms with E-state index in [1.807, 2.05) is 0 Å². The average Bonchev–Trinajstić information content (AvgIpc) is 2.81. The highest BCUT2D eigenvalue weighted by molar-refractivity contribution is 6.21. The van der Waals surface area contributed by atoms with Gasteiger partial charge >= 0.3 is 0 Å². The molecule has 17 heavy (non-hydrogen) atoms. The van der Waals surface area contributed by atoms with Gasteiger partial charge in [0, 0.05) is 18.8 Å². The molecule has 5 heteroatoms. The van der Waals surface area contributed by atoms with Crippen molar-refractivity contribution in [3.05, 3.63) is 17.3 Å². The number of amides is 1. The molecule has 0 aliphatic heterocycles. The van der Waals surface area contributed by atoms with Gasteiger partial charge in [0.2, 0.25) is 5.76 Å². The number of nitrogens with one attached hydrogen (secondary N) is 1. The van der Waals surface area contributed by atoms with Gasteiger partial charge in [-0.25, -0.2) is 4.98 Å². The Labute approximate surface area is 106 Å². The maximum absolute atomic E-state index is 11.9. The summed E-state index contributed by atoms with van der Waals surface area (Å²) in [5.41, 5.74) is 0.633. The largest absolute Gasteiger partial charge is 0.436 e. The van der Waals surface area contributed by atoms with Gasteiger partial charge in [-0.1, -0.05) is 6.42 Å². The Bertz CT molecular complexity index is 417. The number of rotatable bonds is 3. The van der Waals surface area contributed by atoms with E-state index in [0.717, 1.165) is 19.3 Å². The second kappa shape index (κ2) is 5.08. The number of carbonyl (C=O) groups excluding carboxylic acids is 1. The number of hydrogen-bond acceptors (Lipinski definition) is 3. The van der Waals surface area contributed by atoms with Gasteiger partial charge < -0.3 is 9.73 Å². The van der Waals surface area contributed by atoms with Crippen LogP contribution >= 0.6 is 11.6 Å². The standard InChI is InChI=1S/C12H17ClN2O2/c1-7-11(17-8(2)15-7)12(16)14-6-9-4-3-5-10(9)13/h9-10H,3-6H2,1-2H3,(H,14,16). The molecule has 0 radical (unpaired) electrons. The first-order valence-corrected chi connectivity index (χ1v) is 6.38. The highest BCUT2D eigenvalue weighted by Gasteiger charge is 2.26. The van der Waals surface area contributed by atoms with E-state index in [1.165, 1.54) is 0 Å². The third-order valence-corrected chi connectivity index (χ3v) is 3.78. The molecule has 1 N–H and O–H groups in total. The summed E-state index contributed by atoms with van der Waals surface area (Å²) in [6, 6.07) is 0. The SMILES string of the molecule is Cc1nc(C)c(C(=O)NCC2CCCC2Cl)o1. The monoisotopic (exact) mass is 256 g/mol. The summed E-state index contributed by atoms with van der Waals surface area (Å²) in [6.45, 7) is 4.12. The zero-order chi connectivity index (χ0) is 12.4. The molecule has 1 fully saturated rings. The summed E-state index contributed by atoms with van der Waals surface area (Å²) >= 11 is 6.16. The third kappa shape index (κ3) is 2.80. The number of oxazole rings is 1. The Morgan fingerprint density at radius 3 is 2.82 bits per heavy atom. The number of alkyl halides is 1. The molecule has 94 valence electrons. The highest BCUT2D eigenvalue weighted by atomic mass is 35.5. The topological polar surface area (TPSA) is 55.1 Å². The predicted molar refractivity (Wildman–Crippen MR) is 65.3 cm³/mol. The van der Waals surface area contributed by atoms with Crippen LogP contribution in [-0.4, -0.2) is 22.8 Å². The number of halogens is 1. The molecule has 1 saturated carbocycles. The summed E-state index contributed by atoms with van der Waals surface area (Å²) in [7, 11) is 0. The van der Waals surface area contributed by atoms with Crippen LogP contribution < -0.4 is 5.32 Å². The van der Waals surface area contributed by atoms with Crippen LogP contribution in [0, 0.1) is 19.8 Å². The van der Waals surface area contributed by atoms with Crippen molar-refractivity contribution in [3.8, 4) is 0 Å². The molecule has 0 spiro atoms. The van der Waals surface area contributed by atoms with Crippen molar-refractivity contribution < 1.29 is 9.21 Å². The Kier molecular flexibility index (Phi) is 3.72. The number of aromatic nitrogens is 1. The summed E-state index contributed by atoms with van der Waals surface area (Å²) in [4.78, 5) is 15.9. The molecule has 1 aromatic rings. The Morgan fingerprint density at radius 1 is 1.53 bits per heavy atom. The van der Waals surface area contributed by atoms with Crippen molar-refractivity contribution in [1.29, 1.82) is 0 Å². The summed E-state index contributed by atoms with van der Waals surface area (Å²) in [5.74, 6) is 1.01. The van der Waals surface area contributed by atoms with Gasteiger partial charge in [-0.15, -0.1) is 11.6 Å². The van der Waals surface area contributed by atoms with Gasteiger partial charge in [0.25, 0.3) is 5.91 Å². The molecule has 1 aromatic heterocycles. The molecule has 4 nitrogen and oxygen atoms in total. The van der Waals surface area contributed by atoms with Gasteiger partial charge in [0.05, 0.1) is 5.69 Å². The van der Waals surface area contributed by atoms with E-state index < -0.39 is 0 Å². The predicted octanol–water partition coefficient (Wildman–Crippen LogP) is 2.43. The van der Waals surface area contributed by atoms with Crippen LogP contribution in [0.3, 0.4) is 0 Å². The lowest BCUT2D eigenvalue weighted by Gasteiger charge is -2.13. The van der Waals surface area contributed by atoms with Gasteiger partial charge in [0.15, 0.2) is 5.89 Å². The van der Waals surface area contributed by atoms with Crippen molar-refractivity contribution in [2.45, 2.75) is 38.5 Å². The van der Waals surface area contributed by atoms with E-state index in [4.69, 9.17) is 16.0 Å². The number of nitrogens with zero attached hydrogens (tertiary/aromatic N) is 1. The molecule has 2 atom stereocenters. The fourth-order valence-electron chi connectivity index (χ4n) is 2.27. The van der Waals surface area contributed by atoms with Gasteiger partial charge in [-0.2, -0.15) is 0 Å². The Balaban J connectivity index is 1.91. The lowest BCUT2D eigenvalue weighted by Crippen LogP contribution is -2.31. The van der Waals surface area contributed by atoms with Crippen LogP contribution in [0.2, 0.25) is 0 Å². The molecule has 0 bridgehead atoms. The quantitative estimate of drug-likeness (QED) is 0.845. The van der Waals surface area contributed by atoms with Crippen LogP contribution in [0.5, 0.6) is 0 Å². The van der Waals surface area contributed by atoms with Crippen LogP contribution in [0.1, 0.15) is 41.4 Å². The summed E-state index contributed by atoms with van der Waals surface area (Å²) in [6.07, 6.45) is 3.28. The van der Waals surface area contributed by atoms with Crippen LogP contribution in [-0.2, 0) is 0 Å². The maximum Gasteiger partial charge on any atom is 0.289 e. The second-order valence-corrected chi connectivity index (χ2v) is 5.13. The molecule has 1 aliphatic carbocycles. The molecule has 0 saturated heterocycles. The second-order valence-electron chi connectivity index (χ2n) is 4.56. The van der Waals surface area contributed by atoms with Crippen LogP contribution in [0.25, 0.3) is 0 Å². The first-order chi connectivity index (χ1) is 8.08. The van der Waals surface area contributed by atoms with Gasteiger partial charge in [-0.3, -0.25) is 4.79 Å². The van der Waals surface area contributed by atoms with E-state index in [2.05, 4.69) is 10.3 Å². The summed E-state index contributed by atoms with van der Waals surface area (Å²) in [5, 5.41) is 3.06. The van der Waals surface area contributed by atoms with Gasteiger partial charge in [0.1, 0.15) is 0 Å². The first kappa shape index (κ1) is 12.4. The minimum atomic E-state index is -0.195. The Morgan fingerprint density at radius 2 is 2.29 bits per heavy atom. The zero-order valence-corrected chi connectivity index (χ0v) is 10.9. The molecule has 1 heterocycles. The van der Waals surface area contributed by atoms with Crippen LogP contribution in [0.4, 0.5) is 0 Å². The molecular weight excluding hydrogens is 240 g/mol. The van der Waals surface area contributed by atoms with E-state index in [1.54, 1.807) is 13.8 Å². The van der Waals surface area contributed by atoms with Gasteiger partial charge in [-0.05, 0) is 25.7 Å². The summed E-state index contributed by atoms with van der Waals surface area (Å²) < 4.78 is 5.26. The minimum Gasteiger partial charge on any atom is -0.436 e. The van der Waals surface area contributed by atoms with Crippen molar-refractivity contribution in [3.63, 3.8) is 0 Å².